The van der Waals surface area contributed by atoms with E-state index in [9.17, 15) is 59.5 Å². The Balaban J connectivity index is 0.000000174. The largest absolute Gasteiger partial charge is 0.454 e. The number of aliphatic hydroxyl groups excluding tert-OH is 1. The van der Waals surface area contributed by atoms with Crippen molar-refractivity contribution in [1.82, 2.24) is 44.0 Å². The number of alkyl halides is 1. The van der Waals surface area contributed by atoms with Crippen molar-refractivity contribution in [2.75, 3.05) is 63.1 Å². The van der Waals surface area contributed by atoms with Gasteiger partial charge in [-0.05, 0) is 173 Å². The summed E-state index contributed by atoms with van der Waals surface area (Å²) in [7, 11) is 0. The van der Waals surface area contributed by atoms with Crippen LogP contribution >= 0.6 is 0 Å². The number of hydrogen-bond acceptors (Lipinski definition) is 16. The zero-order valence-electron chi connectivity index (χ0n) is 59.1. The number of nitrogens with zero attached hydrogens (tertiary/aromatic N) is 9. The Kier molecular flexibility index (Phi) is 25.7. The second kappa shape index (κ2) is 35.6. The van der Waals surface area contributed by atoms with Gasteiger partial charge in [0, 0.05) is 86.3 Å². The van der Waals surface area contributed by atoms with Crippen LogP contribution in [0.5, 0.6) is 34.5 Å². The molecule has 0 saturated carbocycles. The number of amides is 6. The summed E-state index contributed by atoms with van der Waals surface area (Å²) in [6.07, 6.45) is 12.2. The molecule has 1 unspecified atom stereocenters. The Morgan fingerprint density at radius 3 is 1.03 bits per heavy atom. The highest BCUT2D eigenvalue weighted by atomic mass is 19.2. The number of rotatable bonds is 21. The summed E-state index contributed by atoms with van der Waals surface area (Å²) in [4.78, 5) is 79.1. The van der Waals surface area contributed by atoms with E-state index >= 15 is 0 Å². The van der Waals surface area contributed by atoms with E-state index in [1.54, 1.807) is 86.1 Å². The lowest BCUT2D eigenvalue weighted by Gasteiger charge is -2.32. The van der Waals surface area contributed by atoms with Crippen LogP contribution in [0.4, 0.5) is 48.2 Å². The minimum Gasteiger partial charge on any atom is -0.454 e. The number of anilines is 3. The number of hydrogen-bond donors (Lipinski definition) is 7. The molecule has 570 valence electrons. The van der Waals surface area contributed by atoms with Crippen LogP contribution < -0.4 is 48.6 Å². The maximum atomic E-state index is 13.9. The Morgan fingerprint density at radius 2 is 0.761 bits per heavy atom. The summed E-state index contributed by atoms with van der Waals surface area (Å²) in [5.41, 5.74) is 38.4. The Bertz CT molecular complexity index is 4710. The van der Waals surface area contributed by atoms with Crippen molar-refractivity contribution in [2.45, 2.75) is 83.1 Å². The predicted molar refractivity (Wildman–Crippen MR) is 391 cm³/mol. The van der Waals surface area contributed by atoms with Crippen molar-refractivity contribution in [1.29, 1.82) is 0 Å². The summed E-state index contributed by atoms with van der Waals surface area (Å²) in [6, 6.07) is 27.2. The average molecular weight is 1510 g/mol. The Labute approximate surface area is 620 Å². The lowest BCUT2D eigenvalue weighted by molar-refractivity contribution is -0.128. The van der Waals surface area contributed by atoms with Gasteiger partial charge in [-0.3, -0.25) is 28.8 Å². The summed E-state index contributed by atoms with van der Waals surface area (Å²) in [5.74, 6) is -6.76. The fraction of sp³-hybridized carbons (Fsp3) is 0.260. The average Bonchev–Trinajstić information content (AvgIpc) is 1.64. The number of likely N-dealkylation sites (tertiary alicyclic amines) is 3. The van der Waals surface area contributed by atoms with E-state index in [0.717, 1.165) is 55.7 Å². The number of carbonyl (C=O) groups is 6. The minimum absolute atomic E-state index is 0.0350. The molecule has 3 aliphatic heterocycles. The van der Waals surface area contributed by atoms with Gasteiger partial charge in [0.1, 0.15) is 92.1 Å². The topological polar surface area (TPSA) is 370 Å². The Hall–Kier alpha value is -12.7. The molecule has 6 heterocycles. The summed E-state index contributed by atoms with van der Waals surface area (Å²) in [5, 5.41) is 22.7. The molecule has 9 aromatic rings. The smallest absolute Gasteiger partial charge is 0.254 e. The van der Waals surface area contributed by atoms with Crippen molar-refractivity contribution < 1.29 is 78.8 Å². The number of ether oxygens (including phenoxy) is 3. The van der Waals surface area contributed by atoms with Gasteiger partial charge in [0.05, 0.1) is 24.7 Å². The first kappa shape index (κ1) is 78.8. The highest BCUT2D eigenvalue weighted by molar-refractivity contribution is 6.05. The van der Waals surface area contributed by atoms with Gasteiger partial charge >= 0.3 is 0 Å². The third-order valence-corrected chi connectivity index (χ3v) is 17.9. The molecule has 0 bridgehead atoms. The van der Waals surface area contributed by atoms with Gasteiger partial charge < -0.3 is 68.4 Å². The van der Waals surface area contributed by atoms with Gasteiger partial charge in [-0.2, -0.15) is 15.3 Å². The molecule has 3 saturated heterocycles. The number of piperidine rings is 3. The molecule has 0 aliphatic carbocycles. The third-order valence-electron chi connectivity index (χ3n) is 17.9. The maximum Gasteiger partial charge on any atom is 0.254 e. The number of nitrogen functional groups attached to an aromatic ring is 3. The SMILES string of the molecule is CC(F)/C=C/C(=O)N1CCC[C@@H](n2nc(-c3ccc(Oc4ccc(F)cc4F)cc3)c(C(N)=O)c2N)C1.CC/C=C/C(=O)N1CCC[C@@H](n2nc(-c3ccc(Oc4ccc(F)cc4F)cc3)c(C(N)=O)c2N)C1.NC(=O)c1c(-c2ccc(Oc3ccc(F)cc3F)cc2)nn([C@@H]2CCCN(C(=O)/C=C/CO)C2)c1N. The highest BCUT2D eigenvalue weighted by Gasteiger charge is 2.34. The van der Waals surface area contributed by atoms with E-state index < -0.39 is 58.8 Å². The molecule has 3 aromatic heterocycles. The Morgan fingerprint density at radius 1 is 0.468 bits per heavy atom. The number of aromatic nitrogens is 6. The monoisotopic (exact) mass is 1510 g/mol. The van der Waals surface area contributed by atoms with Gasteiger partial charge in [-0.15, -0.1) is 0 Å². The second-order valence-corrected chi connectivity index (χ2v) is 25.5. The number of primary amides is 3. The molecule has 32 heteroatoms. The highest BCUT2D eigenvalue weighted by Crippen LogP contribution is 2.39. The number of allylic oxidation sites excluding steroid dienone is 2. The van der Waals surface area contributed by atoms with Crippen LogP contribution in [-0.2, 0) is 14.4 Å². The molecular formula is C77H78F7N15O10. The minimum atomic E-state index is -1.24. The first-order valence-electron chi connectivity index (χ1n) is 34.6. The van der Waals surface area contributed by atoms with Crippen LogP contribution in [-0.4, -0.2) is 137 Å². The number of benzene rings is 6. The summed E-state index contributed by atoms with van der Waals surface area (Å²) >= 11 is 0. The maximum absolute atomic E-state index is 13.9. The third kappa shape index (κ3) is 19.3. The van der Waals surface area contributed by atoms with Crippen molar-refractivity contribution in [3.63, 3.8) is 0 Å². The zero-order valence-corrected chi connectivity index (χ0v) is 59.1. The predicted octanol–water partition coefficient (Wildman–Crippen LogP) is 11.8. The molecular weight excluding hydrogens is 1430 g/mol. The lowest BCUT2D eigenvalue weighted by Crippen LogP contribution is -2.40. The standard InChI is InChI=1S/C26H26F3N5O3.C26H27F2N5O3.C25H25F2N5O4/c1-15(27)4-11-22(35)33-12-2-3-18(14-33)34-25(30)23(26(31)36)24(32-34)16-5-8-19(9-6-16)37-21-10-7-17(28)13-20(21)29;1-2-3-6-22(34)32-13-4-5-18(15-32)33-25(29)23(26(30)35)24(31-33)16-7-10-19(11-8-16)36-21-12-9-17(27)14-20(21)28;26-16-7-10-20(19(27)13-16)36-18-8-5-15(6-9-18)23-22(25(29)35)24(28)32(30-23)17-3-1-11-31(14-17)21(34)4-2-12-33/h4-11,13,15,18H,2-3,12,14,30H2,1H3,(H2,31,36);3,6-12,14,18H,2,4-5,13,15,29H2,1H3,(H2,30,35);2,4-10,13,17,33H,1,3,11-12,14,28H2,(H2,29,35)/b11-4+;6-3+;4-2+/t15?,18-;18-;17-/m111/s1. The van der Waals surface area contributed by atoms with Gasteiger partial charge in [0.15, 0.2) is 34.7 Å². The normalized spacial score (nSPS) is 16.1. The molecule has 6 amide bonds. The van der Waals surface area contributed by atoms with Gasteiger partial charge in [0.2, 0.25) is 17.7 Å². The molecule has 3 aliphatic rings. The molecule has 25 nitrogen and oxygen atoms in total. The summed E-state index contributed by atoms with van der Waals surface area (Å²) < 4.78 is 115. The molecule has 6 aromatic carbocycles. The number of halogens is 7. The van der Waals surface area contributed by atoms with E-state index in [4.69, 9.17) is 53.7 Å². The van der Waals surface area contributed by atoms with Gasteiger partial charge in [-0.25, -0.2) is 44.8 Å². The van der Waals surface area contributed by atoms with Crippen LogP contribution in [0.2, 0.25) is 0 Å². The summed E-state index contributed by atoms with van der Waals surface area (Å²) in [6.45, 7) is 5.77. The van der Waals surface area contributed by atoms with E-state index in [1.165, 1.54) is 70.9 Å². The molecule has 0 spiro atoms. The molecule has 109 heavy (non-hydrogen) atoms. The van der Waals surface area contributed by atoms with Gasteiger partial charge in [-0.1, -0.05) is 19.1 Å². The zero-order chi connectivity index (χ0) is 78.3. The van der Waals surface area contributed by atoms with Crippen molar-refractivity contribution >= 4 is 52.9 Å². The van der Waals surface area contributed by atoms with Crippen molar-refractivity contribution in [3.05, 3.63) is 215 Å². The second-order valence-electron chi connectivity index (χ2n) is 25.5. The first-order chi connectivity index (χ1) is 52.2. The van der Waals surface area contributed by atoms with Crippen LogP contribution in [0.25, 0.3) is 33.8 Å². The quantitative estimate of drug-likeness (QED) is 0.0260. The van der Waals surface area contributed by atoms with Crippen LogP contribution in [0.1, 0.15) is 108 Å². The van der Waals surface area contributed by atoms with Crippen LogP contribution in [0.3, 0.4) is 0 Å². The van der Waals surface area contributed by atoms with Crippen molar-refractivity contribution in [3.8, 4) is 68.3 Å². The number of aliphatic hydroxyl groups is 1. The number of nitrogens with two attached hydrogens (primary N) is 6. The van der Waals surface area contributed by atoms with E-state index in [-0.39, 0.29) is 123 Å². The van der Waals surface area contributed by atoms with E-state index in [2.05, 4.69) is 15.3 Å². The lowest BCUT2D eigenvalue weighted by atomic mass is 10.1. The van der Waals surface area contributed by atoms with E-state index in [0.29, 0.717) is 86.5 Å². The van der Waals surface area contributed by atoms with Gasteiger partial charge in [0.25, 0.3) is 17.7 Å². The molecule has 4 atom stereocenters. The fourth-order valence-electron chi connectivity index (χ4n) is 12.6. The number of carbonyl (C=O) groups excluding carboxylic acids is 6. The van der Waals surface area contributed by atoms with Crippen molar-refractivity contribution in [2.24, 2.45) is 17.2 Å². The fourth-order valence-corrected chi connectivity index (χ4v) is 12.6. The first-order valence-corrected chi connectivity index (χ1v) is 34.6. The van der Waals surface area contributed by atoms with Crippen LogP contribution in [0.15, 0.2) is 164 Å². The molecule has 3 fully saturated rings. The molecule has 0 radical (unpaired) electrons. The van der Waals surface area contributed by atoms with Crippen LogP contribution in [0, 0.1) is 34.9 Å². The van der Waals surface area contributed by atoms with E-state index in [1.807, 2.05) is 13.0 Å². The molecule has 13 N–H and O–H groups in total. The molecule has 12 rings (SSSR count).